The molecule has 1 fully saturated rings. The molecule has 2 amide bonds. The SMILES string of the molecule is CCCC1CCN(C(=O)Nc2ccc(C(=O)O)cc2Cl)C1. The summed E-state index contributed by atoms with van der Waals surface area (Å²) in [5.41, 5.74) is 0.535. The molecular formula is C15H19ClN2O3. The smallest absolute Gasteiger partial charge is 0.335 e. The lowest BCUT2D eigenvalue weighted by atomic mass is 10.0. The molecule has 0 saturated carbocycles. The van der Waals surface area contributed by atoms with Crippen molar-refractivity contribution in [3.05, 3.63) is 28.8 Å². The van der Waals surface area contributed by atoms with E-state index in [1.165, 1.54) is 18.2 Å². The summed E-state index contributed by atoms with van der Waals surface area (Å²) < 4.78 is 0. The van der Waals surface area contributed by atoms with Crippen molar-refractivity contribution < 1.29 is 14.7 Å². The van der Waals surface area contributed by atoms with Gasteiger partial charge in [0.1, 0.15) is 0 Å². The van der Waals surface area contributed by atoms with E-state index in [1.807, 2.05) is 0 Å². The van der Waals surface area contributed by atoms with Crippen molar-refractivity contribution in [2.24, 2.45) is 5.92 Å². The summed E-state index contributed by atoms with van der Waals surface area (Å²) in [7, 11) is 0. The molecule has 114 valence electrons. The molecule has 1 aromatic rings. The number of carbonyl (C=O) groups is 2. The molecule has 0 aliphatic carbocycles. The second-order valence-corrected chi connectivity index (χ2v) is 5.73. The van der Waals surface area contributed by atoms with Crippen molar-refractivity contribution >= 4 is 29.3 Å². The number of amides is 2. The van der Waals surface area contributed by atoms with Gasteiger partial charge in [0.15, 0.2) is 0 Å². The third-order valence-electron chi connectivity index (χ3n) is 3.73. The lowest BCUT2D eigenvalue weighted by Gasteiger charge is -2.18. The molecule has 2 rings (SSSR count). The van der Waals surface area contributed by atoms with E-state index in [0.29, 0.717) is 11.6 Å². The first-order valence-electron chi connectivity index (χ1n) is 7.10. The average molecular weight is 311 g/mol. The van der Waals surface area contributed by atoms with Crippen molar-refractivity contribution in [3.8, 4) is 0 Å². The minimum Gasteiger partial charge on any atom is -0.478 e. The number of nitrogens with zero attached hydrogens (tertiary/aromatic N) is 1. The zero-order chi connectivity index (χ0) is 15.4. The van der Waals surface area contributed by atoms with Crippen molar-refractivity contribution in [2.45, 2.75) is 26.2 Å². The first kappa shape index (κ1) is 15.6. The summed E-state index contributed by atoms with van der Waals surface area (Å²) in [5, 5.41) is 11.9. The van der Waals surface area contributed by atoms with Crippen LogP contribution in [0.3, 0.4) is 0 Å². The first-order valence-corrected chi connectivity index (χ1v) is 7.47. The quantitative estimate of drug-likeness (QED) is 0.891. The van der Waals surface area contributed by atoms with E-state index < -0.39 is 5.97 Å². The molecule has 0 aromatic heterocycles. The molecule has 2 N–H and O–H groups in total. The van der Waals surface area contributed by atoms with Gasteiger partial charge in [-0.25, -0.2) is 9.59 Å². The van der Waals surface area contributed by atoms with Crippen LogP contribution in [0.25, 0.3) is 0 Å². The van der Waals surface area contributed by atoms with Crippen molar-refractivity contribution in [2.75, 3.05) is 18.4 Å². The monoisotopic (exact) mass is 310 g/mol. The molecular weight excluding hydrogens is 292 g/mol. The fraction of sp³-hybridized carbons (Fsp3) is 0.467. The van der Waals surface area contributed by atoms with Crippen LogP contribution in [0.15, 0.2) is 18.2 Å². The predicted octanol–water partition coefficient (Wildman–Crippen LogP) is 3.69. The Morgan fingerprint density at radius 2 is 2.24 bits per heavy atom. The van der Waals surface area contributed by atoms with Gasteiger partial charge < -0.3 is 15.3 Å². The Hall–Kier alpha value is -1.75. The molecule has 0 spiro atoms. The maximum atomic E-state index is 12.2. The van der Waals surface area contributed by atoms with Crippen LogP contribution in [-0.2, 0) is 0 Å². The number of hydrogen-bond acceptors (Lipinski definition) is 2. The van der Waals surface area contributed by atoms with Gasteiger partial charge in [-0.1, -0.05) is 24.9 Å². The number of urea groups is 1. The maximum Gasteiger partial charge on any atom is 0.335 e. The Morgan fingerprint density at radius 3 is 2.86 bits per heavy atom. The number of rotatable bonds is 4. The second-order valence-electron chi connectivity index (χ2n) is 5.32. The summed E-state index contributed by atoms with van der Waals surface area (Å²) in [5.74, 6) is -0.470. The van der Waals surface area contributed by atoms with Gasteiger partial charge in [0, 0.05) is 13.1 Å². The number of aromatic carboxylic acids is 1. The molecule has 1 heterocycles. The molecule has 1 aromatic carbocycles. The van der Waals surface area contributed by atoms with E-state index in [-0.39, 0.29) is 16.6 Å². The van der Waals surface area contributed by atoms with Crippen LogP contribution in [-0.4, -0.2) is 35.1 Å². The number of nitrogens with one attached hydrogen (secondary N) is 1. The fourth-order valence-electron chi connectivity index (χ4n) is 2.60. The number of anilines is 1. The van der Waals surface area contributed by atoms with Gasteiger partial charge in [0.2, 0.25) is 0 Å². The molecule has 1 atom stereocenters. The summed E-state index contributed by atoms with van der Waals surface area (Å²) >= 11 is 6.01. The largest absolute Gasteiger partial charge is 0.478 e. The minimum absolute atomic E-state index is 0.0992. The molecule has 1 aliphatic heterocycles. The molecule has 1 unspecified atom stereocenters. The van der Waals surface area contributed by atoms with Crippen LogP contribution in [0.4, 0.5) is 10.5 Å². The van der Waals surface area contributed by atoms with Crippen molar-refractivity contribution in [1.29, 1.82) is 0 Å². The van der Waals surface area contributed by atoms with Crippen LogP contribution in [0.2, 0.25) is 5.02 Å². The highest BCUT2D eigenvalue weighted by molar-refractivity contribution is 6.34. The Bertz CT molecular complexity index is 548. The second kappa shape index (κ2) is 6.80. The van der Waals surface area contributed by atoms with Gasteiger partial charge in [0.25, 0.3) is 0 Å². The highest BCUT2D eigenvalue weighted by Crippen LogP contribution is 2.25. The van der Waals surface area contributed by atoms with Crippen LogP contribution in [0.1, 0.15) is 36.5 Å². The summed E-state index contributed by atoms with van der Waals surface area (Å²) in [6, 6.07) is 4.10. The molecule has 0 bridgehead atoms. The van der Waals surface area contributed by atoms with Crippen molar-refractivity contribution in [3.63, 3.8) is 0 Å². The summed E-state index contributed by atoms with van der Waals surface area (Å²) in [6.07, 6.45) is 3.30. The number of halogens is 1. The standard InChI is InChI=1S/C15H19ClN2O3/c1-2-3-10-6-7-18(9-10)15(21)17-13-5-4-11(14(19)20)8-12(13)16/h4-5,8,10H,2-3,6-7,9H2,1H3,(H,17,21)(H,19,20). The lowest BCUT2D eigenvalue weighted by molar-refractivity contribution is 0.0697. The first-order chi connectivity index (χ1) is 10.0. The van der Waals surface area contributed by atoms with Crippen LogP contribution in [0.5, 0.6) is 0 Å². The van der Waals surface area contributed by atoms with Gasteiger partial charge >= 0.3 is 12.0 Å². The van der Waals surface area contributed by atoms with Gasteiger partial charge in [-0.15, -0.1) is 0 Å². The third-order valence-corrected chi connectivity index (χ3v) is 4.04. The van der Waals surface area contributed by atoms with E-state index in [1.54, 1.807) is 4.90 Å². The molecule has 21 heavy (non-hydrogen) atoms. The van der Waals surface area contributed by atoms with E-state index in [2.05, 4.69) is 12.2 Å². The Labute approximate surface area is 128 Å². The normalized spacial score (nSPS) is 17.8. The summed E-state index contributed by atoms with van der Waals surface area (Å²) in [4.78, 5) is 24.8. The number of benzene rings is 1. The zero-order valence-electron chi connectivity index (χ0n) is 11.9. The number of carbonyl (C=O) groups excluding carboxylic acids is 1. The molecule has 1 aliphatic rings. The fourth-order valence-corrected chi connectivity index (χ4v) is 2.83. The van der Waals surface area contributed by atoms with E-state index in [4.69, 9.17) is 16.7 Å². The van der Waals surface area contributed by atoms with E-state index in [0.717, 1.165) is 32.4 Å². The predicted molar refractivity (Wildman–Crippen MR) is 82.0 cm³/mol. The van der Waals surface area contributed by atoms with Gasteiger partial charge in [0.05, 0.1) is 16.3 Å². The number of carboxylic acids is 1. The van der Waals surface area contributed by atoms with Crippen LogP contribution in [0, 0.1) is 5.92 Å². The summed E-state index contributed by atoms with van der Waals surface area (Å²) in [6.45, 7) is 3.67. The number of hydrogen-bond donors (Lipinski definition) is 2. The van der Waals surface area contributed by atoms with E-state index >= 15 is 0 Å². The highest BCUT2D eigenvalue weighted by Gasteiger charge is 2.25. The molecule has 5 nitrogen and oxygen atoms in total. The van der Waals surface area contributed by atoms with Crippen molar-refractivity contribution in [1.82, 2.24) is 4.90 Å². The number of likely N-dealkylation sites (tertiary alicyclic amines) is 1. The Balaban J connectivity index is 1.99. The molecule has 0 radical (unpaired) electrons. The minimum atomic E-state index is -1.04. The van der Waals surface area contributed by atoms with Gasteiger partial charge in [-0.2, -0.15) is 0 Å². The Morgan fingerprint density at radius 1 is 1.48 bits per heavy atom. The van der Waals surface area contributed by atoms with Crippen LogP contribution < -0.4 is 5.32 Å². The van der Waals surface area contributed by atoms with Gasteiger partial charge in [-0.05, 0) is 37.0 Å². The van der Waals surface area contributed by atoms with Gasteiger partial charge in [-0.3, -0.25) is 0 Å². The van der Waals surface area contributed by atoms with Crippen LogP contribution >= 0.6 is 11.6 Å². The number of carboxylic acid groups (broad SMARTS) is 1. The Kier molecular flexibility index (Phi) is 5.07. The third kappa shape index (κ3) is 3.88. The average Bonchev–Trinajstić information content (AvgIpc) is 2.90. The zero-order valence-corrected chi connectivity index (χ0v) is 12.7. The molecule has 6 heteroatoms. The highest BCUT2D eigenvalue weighted by atomic mass is 35.5. The topological polar surface area (TPSA) is 69.6 Å². The maximum absolute atomic E-state index is 12.2. The van der Waals surface area contributed by atoms with E-state index in [9.17, 15) is 9.59 Å². The lowest BCUT2D eigenvalue weighted by Crippen LogP contribution is -2.33. The molecule has 1 saturated heterocycles.